The molecule has 0 amide bonds. The Balaban J connectivity index is 1.45. The number of nitrogens with two attached hydrogens (primary N) is 1. The minimum Gasteiger partial charge on any atom is -0.398 e. The van der Waals surface area contributed by atoms with Gasteiger partial charge >= 0.3 is 0 Å². The van der Waals surface area contributed by atoms with Crippen LogP contribution in [0.2, 0.25) is 0 Å². The number of nitrogen functional groups attached to an aromatic ring is 1. The molecule has 1 aliphatic rings. The highest BCUT2D eigenvalue weighted by Gasteiger charge is 2.22. The first-order chi connectivity index (χ1) is 15.1. The Morgan fingerprint density at radius 3 is 2.52 bits per heavy atom. The van der Waals surface area contributed by atoms with Crippen LogP contribution in [0.15, 0.2) is 60.9 Å². The average molecular weight is 413 g/mol. The Morgan fingerprint density at radius 1 is 0.935 bits per heavy atom. The predicted molar refractivity (Wildman–Crippen MR) is 126 cm³/mol. The van der Waals surface area contributed by atoms with E-state index in [0.717, 1.165) is 61.1 Å². The molecule has 1 fully saturated rings. The van der Waals surface area contributed by atoms with Crippen molar-refractivity contribution in [3.63, 3.8) is 0 Å². The Bertz CT molecular complexity index is 1210. The lowest BCUT2D eigenvalue weighted by molar-refractivity contribution is 0.246. The van der Waals surface area contributed by atoms with Crippen LogP contribution in [0.1, 0.15) is 16.8 Å². The molecule has 0 spiro atoms. The summed E-state index contributed by atoms with van der Waals surface area (Å²) in [7, 11) is 0. The van der Waals surface area contributed by atoms with Crippen LogP contribution < -0.4 is 10.6 Å². The largest absolute Gasteiger partial charge is 0.398 e. The summed E-state index contributed by atoms with van der Waals surface area (Å²) in [6.45, 7) is 9.04. The first kappa shape index (κ1) is 19.6. The fourth-order valence-electron chi connectivity index (χ4n) is 4.27. The summed E-state index contributed by atoms with van der Waals surface area (Å²) in [6, 6.07) is 16.6. The number of aryl methyl sites for hydroxylation is 2. The molecule has 5 rings (SSSR count). The highest BCUT2D eigenvalue weighted by atomic mass is 15.3. The van der Waals surface area contributed by atoms with Crippen molar-refractivity contribution in [1.29, 1.82) is 0 Å². The third-order valence-electron chi connectivity index (χ3n) is 6.24. The van der Waals surface area contributed by atoms with Crippen LogP contribution in [-0.4, -0.2) is 45.4 Å². The number of piperazine rings is 1. The maximum absolute atomic E-state index is 6.12. The van der Waals surface area contributed by atoms with Gasteiger partial charge in [0.1, 0.15) is 11.5 Å². The molecule has 0 unspecified atom stereocenters. The average Bonchev–Trinajstić information content (AvgIpc) is 3.14. The van der Waals surface area contributed by atoms with Gasteiger partial charge in [-0.05, 0) is 55.3 Å². The summed E-state index contributed by atoms with van der Waals surface area (Å²) in [5, 5.41) is 0. The smallest absolute Gasteiger partial charge is 0.137 e. The zero-order valence-electron chi connectivity index (χ0n) is 18.1. The highest BCUT2D eigenvalue weighted by Crippen LogP contribution is 2.28. The lowest BCUT2D eigenvalue weighted by Crippen LogP contribution is -2.46. The number of hydrogen-bond acceptors (Lipinski definition) is 5. The number of aromatic nitrogens is 3. The normalized spacial score (nSPS) is 15.0. The van der Waals surface area contributed by atoms with Crippen molar-refractivity contribution in [3.05, 3.63) is 77.7 Å². The van der Waals surface area contributed by atoms with Crippen molar-refractivity contribution in [2.24, 2.45) is 0 Å². The quantitative estimate of drug-likeness (QED) is 0.550. The van der Waals surface area contributed by atoms with Crippen molar-refractivity contribution in [2.75, 3.05) is 36.8 Å². The minimum atomic E-state index is 0.748. The van der Waals surface area contributed by atoms with Crippen LogP contribution in [0.4, 0.5) is 11.5 Å². The van der Waals surface area contributed by atoms with Crippen molar-refractivity contribution in [3.8, 4) is 11.3 Å². The van der Waals surface area contributed by atoms with Gasteiger partial charge in [-0.2, -0.15) is 0 Å². The Kier molecular flexibility index (Phi) is 5.08. The van der Waals surface area contributed by atoms with E-state index in [-0.39, 0.29) is 0 Å². The number of benzene rings is 1. The molecule has 4 heterocycles. The van der Waals surface area contributed by atoms with E-state index in [9.17, 15) is 0 Å². The predicted octanol–water partition coefficient (Wildman–Crippen LogP) is 3.92. The van der Waals surface area contributed by atoms with Gasteiger partial charge in [0.25, 0.3) is 0 Å². The summed E-state index contributed by atoms with van der Waals surface area (Å²) in [4.78, 5) is 14.3. The van der Waals surface area contributed by atoms with Crippen molar-refractivity contribution < 1.29 is 0 Å². The maximum atomic E-state index is 6.12. The summed E-state index contributed by atoms with van der Waals surface area (Å²) in [5.41, 5.74) is 13.8. The van der Waals surface area contributed by atoms with Crippen LogP contribution in [0, 0.1) is 13.8 Å². The summed E-state index contributed by atoms with van der Waals surface area (Å²) in [5.74, 6) is 1.06. The number of hydrogen-bond donors (Lipinski definition) is 1. The molecule has 0 atom stereocenters. The van der Waals surface area contributed by atoms with Crippen LogP contribution >= 0.6 is 0 Å². The molecule has 31 heavy (non-hydrogen) atoms. The monoisotopic (exact) mass is 412 g/mol. The van der Waals surface area contributed by atoms with Crippen LogP contribution in [0.5, 0.6) is 0 Å². The standard InChI is InChI=1S/C25H28N6/c1-18-6-7-20(15-19(18)2)25-22(31-16-21(26)8-9-24(31)28-25)17-29-11-13-30(14-12-29)23-5-3-4-10-27-23/h3-10,15-16H,11-14,17,26H2,1-2H3. The first-order valence-electron chi connectivity index (χ1n) is 10.8. The zero-order valence-corrected chi connectivity index (χ0v) is 18.1. The van der Waals surface area contributed by atoms with Crippen molar-refractivity contribution in [1.82, 2.24) is 19.3 Å². The molecular formula is C25H28N6. The van der Waals surface area contributed by atoms with Crippen LogP contribution in [0.25, 0.3) is 16.9 Å². The second kappa shape index (κ2) is 8.04. The van der Waals surface area contributed by atoms with E-state index in [1.54, 1.807) is 0 Å². The van der Waals surface area contributed by atoms with Gasteiger partial charge in [0, 0.05) is 56.4 Å². The second-order valence-electron chi connectivity index (χ2n) is 8.35. The molecule has 0 bridgehead atoms. The molecule has 6 heteroatoms. The van der Waals surface area contributed by atoms with E-state index >= 15 is 0 Å². The van der Waals surface area contributed by atoms with Gasteiger partial charge in [-0.25, -0.2) is 9.97 Å². The Hall–Kier alpha value is -3.38. The molecule has 6 nitrogen and oxygen atoms in total. The van der Waals surface area contributed by atoms with Gasteiger partial charge in [-0.15, -0.1) is 0 Å². The Morgan fingerprint density at radius 2 is 1.77 bits per heavy atom. The highest BCUT2D eigenvalue weighted by molar-refractivity contribution is 5.68. The fourth-order valence-corrected chi connectivity index (χ4v) is 4.27. The third-order valence-corrected chi connectivity index (χ3v) is 6.24. The summed E-state index contributed by atoms with van der Waals surface area (Å²) < 4.78 is 2.16. The number of pyridine rings is 2. The van der Waals surface area contributed by atoms with E-state index < -0.39 is 0 Å². The molecule has 3 aromatic heterocycles. The molecule has 0 saturated carbocycles. The van der Waals surface area contributed by atoms with Gasteiger partial charge in [-0.3, -0.25) is 4.90 Å². The van der Waals surface area contributed by atoms with Crippen molar-refractivity contribution >= 4 is 17.2 Å². The lowest BCUT2D eigenvalue weighted by atomic mass is 10.0. The second-order valence-corrected chi connectivity index (χ2v) is 8.35. The SMILES string of the molecule is Cc1ccc(-c2nc3ccc(N)cn3c2CN2CCN(c3ccccn3)CC2)cc1C. The fraction of sp³-hybridized carbons (Fsp3) is 0.280. The van der Waals surface area contributed by atoms with E-state index in [1.807, 2.05) is 36.7 Å². The van der Waals surface area contributed by atoms with E-state index in [0.29, 0.717) is 0 Å². The van der Waals surface area contributed by atoms with E-state index in [1.165, 1.54) is 16.8 Å². The molecule has 1 aliphatic heterocycles. The first-order valence-corrected chi connectivity index (χ1v) is 10.8. The molecule has 1 aromatic carbocycles. The summed E-state index contributed by atoms with van der Waals surface area (Å²) in [6.07, 6.45) is 3.85. The number of anilines is 2. The Labute approximate surface area is 183 Å². The van der Waals surface area contributed by atoms with Gasteiger partial charge in [-0.1, -0.05) is 18.2 Å². The van der Waals surface area contributed by atoms with E-state index in [4.69, 9.17) is 10.7 Å². The van der Waals surface area contributed by atoms with Crippen molar-refractivity contribution in [2.45, 2.75) is 20.4 Å². The minimum absolute atomic E-state index is 0.748. The molecule has 0 aliphatic carbocycles. The van der Waals surface area contributed by atoms with Gasteiger partial charge in [0.05, 0.1) is 11.4 Å². The van der Waals surface area contributed by atoms with Gasteiger partial charge in [0.2, 0.25) is 0 Å². The molecular weight excluding hydrogens is 384 g/mol. The molecule has 2 N–H and O–H groups in total. The number of imidazole rings is 1. The van der Waals surface area contributed by atoms with Gasteiger partial charge < -0.3 is 15.0 Å². The number of rotatable bonds is 4. The summed E-state index contributed by atoms with van der Waals surface area (Å²) >= 11 is 0. The van der Waals surface area contributed by atoms with E-state index in [2.05, 4.69) is 57.3 Å². The van der Waals surface area contributed by atoms with Crippen LogP contribution in [-0.2, 0) is 6.54 Å². The lowest BCUT2D eigenvalue weighted by Gasteiger charge is -2.35. The zero-order chi connectivity index (χ0) is 21.4. The number of nitrogens with zero attached hydrogens (tertiary/aromatic N) is 5. The number of fused-ring (bicyclic) bond motifs is 1. The molecule has 0 radical (unpaired) electrons. The molecule has 4 aromatic rings. The topological polar surface area (TPSA) is 62.7 Å². The maximum Gasteiger partial charge on any atom is 0.137 e. The molecule has 158 valence electrons. The molecule has 1 saturated heterocycles. The third kappa shape index (κ3) is 3.86. The van der Waals surface area contributed by atoms with Crippen LogP contribution in [0.3, 0.4) is 0 Å². The van der Waals surface area contributed by atoms with Gasteiger partial charge in [0.15, 0.2) is 0 Å².